The molecule has 2 rings (SSSR count). The van der Waals surface area contributed by atoms with Gasteiger partial charge in [0.05, 0.1) is 17.9 Å². The summed E-state index contributed by atoms with van der Waals surface area (Å²) in [5.74, 6) is -1.47. The molecule has 0 unspecified atom stereocenters. The first-order chi connectivity index (χ1) is 14.2. The Bertz CT molecular complexity index is 942. The summed E-state index contributed by atoms with van der Waals surface area (Å²) in [6.07, 6.45) is 2.83. The topological polar surface area (TPSA) is 82.6 Å². The predicted molar refractivity (Wildman–Crippen MR) is 116 cm³/mol. The van der Waals surface area contributed by atoms with Gasteiger partial charge in [-0.1, -0.05) is 12.1 Å². The molecule has 1 heterocycles. The van der Waals surface area contributed by atoms with Crippen molar-refractivity contribution in [2.24, 2.45) is 0 Å². The summed E-state index contributed by atoms with van der Waals surface area (Å²) in [7, 11) is 0. The van der Waals surface area contributed by atoms with Crippen molar-refractivity contribution >= 4 is 46.0 Å². The lowest BCUT2D eigenvalue weighted by Crippen LogP contribution is -2.42. The first-order valence-corrected chi connectivity index (χ1v) is 10.4. The zero-order chi connectivity index (χ0) is 22.3. The molecule has 1 N–H and O–H groups in total. The Morgan fingerprint density at radius 2 is 1.97 bits per heavy atom. The van der Waals surface area contributed by atoms with Gasteiger partial charge >= 0.3 is 0 Å². The number of halogens is 1. The number of aromatic nitrogens is 1. The van der Waals surface area contributed by atoms with Gasteiger partial charge in [-0.2, -0.15) is 0 Å². The second kappa shape index (κ2) is 10.6. The highest BCUT2D eigenvalue weighted by Gasteiger charge is 2.20. The van der Waals surface area contributed by atoms with Gasteiger partial charge in [0.2, 0.25) is 17.7 Å². The molecule has 0 saturated carbocycles. The van der Waals surface area contributed by atoms with E-state index in [0.717, 1.165) is 11.3 Å². The van der Waals surface area contributed by atoms with Crippen LogP contribution in [-0.2, 0) is 14.4 Å². The van der Waals surface area contributed by atoms with E-state index >= 15 is 0 Å². The van der Waals surface area contributed by atoms with E-state index < -0.39 is 5.82 Å². The van der Waals surface area contributed by atoms with E-state index in [1.807, 2.05) is 13.8 Å². The van der Waals surface area contributed by atoms with E-state index in [9.17, 15) is 18.8 Å². The lowest BCUT2D eigenvalue weighted by Gasteiger charge is -2.19. The minimum absolute atomic E-state index is 0.00560. The molecule has 9 heteroatoms. The summed E-state index contributed by atoms with van der Waals surface area (Å²) in [5, 5.41) is 4.71. The maximum atomic E-state index is 14.1. The average Bonchev–Trinajstić information content (AvgIpc) is 3.13. The maximum Gasteiger partial charge on any atom is 0.247 e. The molecule has 0 atom stereocenters. The minimum Gasteiger partial charge on any atom is -0.352 e. The molecule has 0 aliphatic rings. The quantitative estimate of drug-likeness (QED) is 0.649. The first kappa shape index (κ1) is 23.2. The fourth-order valence-electron chi connectivity index (χ4n) is 2.64. The van der Waals surface area contributed by atoms with Gasteiger partial charge in [0.15, 0.2) is 5.13 Å². The zero-order valence-electron chi connectivity index (χ0n) is 17.4. The van der Waals surface area contributed by atoms with E-state index in [1.165, 1.54) is 41.0 Å². The zero-order valence-corrected chi connectivity index (χ0v) is 18.2. The molecule has 2 aromatic rings. The summed E-state index contributed by atoms with van der Waals surface area (Å²) in [6, 6.07) is 5.94. The Labute approximate surface area is 179 Å². The SMILES string of the molecule is CCN(CC(=O)NC(C)C)C(=O)C=Cc1csc(N(C(C)=O)c2ccccc2F)n1. The second-order valence-electron chi connectivity index (χ2n) is 6.77. The van der Waals surface area contributed by atoms with Crippen LogP contribution < -0.4 is 10.2 Å². The van der Waals surface area contributed by atoms with Crippen LogP contribution in [-0.4, -0.2) is 46.7 Å². The first-order valence-electron chi connectivity index (χ1n) is 9.50. The average molecular weight is 433 g/mol. The summed E-state index contributed by atoms with van der Waals surface area (Å²) in [4.78, 5) is 43.3. The maximum absolute atomic E-state index is 14.1. The second-order valence-corrected chi connectivity index (χ2v) is 7.61. The number of carbonyl (C=O) groups excluding carboxylic acids is 3. The van der Waals surface area contributed by atoms with Crippen molar-refractivity contribution in [1.29, 1.82) is 0 Å². The monoisotopic (exact) mass is 432 g/mol. The van der Waals surface area contributed by atoms with Crippen LogP contribution in [0.25, 0.3) is 6.08 Å². The van der Waals surface area contributed by atoms with Gasteiger partial charge in [0, 0.05) is 31.0 Å². The van der Waals surface area contributed by atoms with Crippen molar-refractivity contribution < 1.29 is 18.8 Å². The number of benzene rings is 1. The molecular formula is C21H25FN4O3S. The standard InChI is InChI=1S/C21H25FN4O3S/c1-5-25(12-19(28)23-14(2)3)20(29)11-10-16-13-30-21(24-16)26(15(4)27)18-9-7-6-8-17(18)22/h6-11,13-14H,5,12H2,1-4H3,(H,23,28). The number of anilines is 2. The van der Waals surface area contributed by atoms with Crippen LogP contribution in [0.2, 0.25) is 0 Å². The Morgan fingerprint density at radius 1 is 1.27 bits per heavy atom. The highest BCUT2D eigenvalue weighted by molar-refractivity contribution is 7.14. The van der Waals surface area contributed by atoms with E-state index in [-0.39, 0.29) is 36.0 Å². The van der Waals surface area contributed by atoms with E-state index in [4.69, 9.17) is 0 Å². The molecule has 0 radical (unpaired) electrons. The molecular weight excluding hydrogens is 407 g/mol. The van der Waals surface area contributed by atoms with Gasteiger partial charge in [-0.05, 0) is 39.0 Å². The van der Waals surface area contributed by atoms with Gasteiger partial charge in [-0.25, -0.2) is 9.37 Å². The molecule has 160 valence electrons. The van der Waals surface area contributed by atoms with Crippen molar-refractivity contribution in [3.8, 4) is 0 Å². The summed E-state index contributed by atoms with van der Waals surface area (Å²) in [6.45, 7) is 7.15. The van der Waals surface area contributed by atoms with E-state index in [2.05, 4.69) is 10.3 Å². The molecule has 1 aromatic carbocycles. The number of nitrogens with zero attached hydrogens (tertiary/aromatic N) is 3. The summed E-state index contributed by atoms with van der Waals surface area (Å²) in [5.41, 5.74) is 0.563. The number of amides is 3. The van der Waals surface area contributed by atoms with Crippen molar-refractivity contribution in [3.63, 3.8) is 0 Å². The van der Waals surface area contributed by atoms with Gasteiger partial charge in [-0.3, -0.25) is 19.3 Å². The third-order valence-corrected chi connectivity index (χ3v) is 4.83. The number of rotatable bonds is 8. The molecule has 0 aliphatic carbocycles. The van der Waals surface area contributed by atoms with Crippen molar-refractivity contribution in [2.75, 3.05) is 18.0 Å². The van der Waals surface area contributed by atoms with Crippen LogP contribution in [0.3, 0.4) is 0 Å². The highest BCUT2D eigenvalue weighted by atomic mass is 32.1. The smallest absolute Gasteiger partial charge is 0.247 e. The molecule has 0 bridgehead atoms. The van der Waals surface area contributed by atoms with Crippen LogP contribution in [0, 0.1) is 5.82 Å². The van der Waals surface area contributed by atoms with Gasteiger partial charge < -0.3 is 10.2 Å². The summed E-state index contributed by atoms with van der Waals surface area (Å²) < 4.78 is 14.1. The number of para-hydroxylation sites is 1. The third-order valence-electron chi connectivity index (χ3n) is 3.98. The molecule has 30 heavy (non-hydrogen) atoms. The fraction of sp³-hybridized carbons (Fsp3) is 0.333. The van der Waals surface area contributed by atoms with E-state index in [0.29, 0.717) is 17.4 Å². The summed E-state index contributed by atoms with van der Waals surface area (Å²) >= 11 is 1.16. The predicted octanol–water partition coefficient (Wildman–Crippen LogP) is 3.35. The molecule has 3 amide bonds. The molecule has 0 spiro atoms. The third kappa shape index (κ3) is 6.21. The van der Waals surface area contributed by atoms with Gasteiger partial charge in [0.1, 0.15) is 5.82 Å². The fourth-order valence-corrected chi connectivity index (χ4v) is 3.49. The number of nitrogens with one attached hydrogen (secondary N) is 1. The molecule has 7 nitrogen and oxygen atoms in total. The Balaban J connectivity index is 2.14. The minimum atomic E-state index is -0.534. The van der Waals surface area contributed by atoms with Crippen LogP contribution in [0.1, 0.15) is 33.4 Å². The lowest BCUT2D eigenvalue weighted by molar-refractivity contribution is -0.132. The van der Waals surface area contributed by atoms with Crippen LogP contribution in [0.15, 0.2) is 35.7 Å². The molecule has 0 saturated heterocycles. The number of carbonyl (C=O) groups is 3. The number of hydrogen-bond acceptors (Lipinski definition) is 5. The van der Waals surface area contributed by atoms with Crippen molar-refractivity contribution in [3.05, 3.63) is 47.2 Å². The Morgan fingerprint density at radius 3 is 2.57 bits per heavy atom. The van der Waals surface area contributed by atoms with Crippen molar-refractivity contribution in [2.45, 2.75) is 33.7 Å². The largest absolute Gasteiger partial charge is 0.352 e. The lowest BCUT2D eigenvalue weighted by atomic mass is 10.3. The molecule has 0 aliphatic heterocycles. The number of likely N-dealkylation sites (N-methyl/N-ethyl adjacent to an activating group) is 1. The number of hydrogen-bond donors (Lipinski definition) is 1. The molecule has 1 aromatic heterocycles. The van der Waals surface area contributed by atoms with Crippen molar-refractivity contribution in [1.82, 2.24) is 15.2 Å². The van der Waals surface area contributed by atoms with Crippen LogP contribution >= 0.6 is 11.3 Å². The normalized spacial score (nSPS) is 11.0. The van der Waals surface area contributed by atoms with Gasteiger partial charge in [-0.15, -0.1) is 11.3 Å². The Hall–Kier alpha value is -3.07. The van der Waals surface area contributed by atoms with Crippen LogP contribution in [0.4, 0.5) is 15.2 Å². The highest BCUT2D eigenvalue weighted by Crippen LogP contribution is 2.30. The van der Waals surface area contributed by atoms with E-state index in [1.54, 1.807) is 24.4 Å². The van der Waals surface area contributed by atoms with Crippen LogP contribution in [0.5, 0.6) is 0 Å². The number of thiazole rings is 1. The van der Waals surface area contributed by atoms with Gasteiger partial charge in [0.25, 0.3) is 0 Å². The Kier molecular flexibility index (Phi) is 8.23. The molecule has 0 fully saturated rings.